The first-order valence-corrected chi connectivity index (χ1v) is 11.0. The molecule has 1 aliphatic rings. The Morgan fingerprint density at radius 2 is 1.71 bits per heavy atom. The van der Waals surface area contributed by atoms with E-state index in [1.807, 2.05) is 54.6 Å². The van der Waals surface area contributed by atoms with E-state index in [4.69, 9.17) is 21.7 Å². The minimum atomic E-state index is -0.145. The molecular formula is C25H21NO3S2. The second-order valence-electron chi connectivity index (χ2n) is 7.03. The molecule has 0 aromatic heterocycles. The maximum absolute atomic E-state index is 13.1. The third-order valence-electron chi connectivity index (χ3n) is 4.84. The van der Waals surface area contributed by atoms with Crippen LogP contribution in [0.5, 0.6) is 11.5 Å². The van der Waals surface area contributed by atoms with Crippen LogP contribution in [0, 0.1) is 6.92 Å². The summed E-state index contributed by atoms with van der Waals surface area (Å²) in [4.78, 5) is 15.2. The highest BCUT2D eigenvalue weighted by atomic mass is 32.2. The molecule has 1 fully saturated rings. The number of thiocarbonyl (C=S) groups is 1. The number of aryl methyl sites for hydroxylation is 1. The number of amides is 1. The van der Waals surface area contributed by atoms with E-state index in [1.54, 1.807) is 12.0 Å². The van der Waals surface area contributed by atoms with Crippen LogP contribution in [0.2, 0.25) is 0 Å². The van der Waals surface area contributed by atoms with Gasteiger partial charge in [-0.05, 0) is 48.9 Å². The standard InChI is InChI=1S/C25H21NO3S2/c1-17-7-9-18(10-8-17)16-29-22-6-4-3-5-19(22)15-23-24(27)26(25(30)31-23)20-11-13-21(28-2)14-12-20/h3-15H,16H2,1-2H3/b23-15-. The zero-order valence-electron chi connectivity index (χ0n) is 17.2. The fourth-order valence-corrected chi connectivity index (χ4v) is 4.43. The molecule has 0 radical (unpaired) electrons. The average Bonchev–Trinajstić information content (AvgIpc) is 3.07. The molecule has 156 valence electrons. The van der Waals surface area contributed by atoms with E-state index in [2.05, 4.69) is 31.2 Å². The van der Waals surface area contributed by atoms with Crippen LogP contribution in [0.3, 0.4) is 0 Å². The van der Waals surface area contributed by atoms with Crippen molar-refractivity contribution < 1.29 is 14.3 Å². The van der Waals surface area contributed by atoms with E-state index < -0.39 is 0 Å². The van der Waals surface area contributed by atoms with Gasteiger partial charge in [0.15, 0.2) is 4.32 Å². The van der Waals surface area contributed by atoms with Crippen molar-refractivity contribution in [2.24, 2.45) is 0 Å². The summed E-state index contributed by atoms with van der Waals surface area (Å²) in [5.41, 5.74) is 3.86. The number of nitrogens with zero attached hydrogens (tertiary/aromatic N) is 1. The highest BCUT2D eigenvalue weighted by Gasteiger charge is 2.33. The number of hydrogen-bond acceptors (Lipinski definition) is 5. The lowest BCUT2D eigenvalue weighted by atomic mass is 10.1. The van der Waals surface area contributed by atoms with Crippen molar-refractivity contribution in [3.8, 4) is 11.5 Å². The third-order valence-corrected chi connectivity index (χ3v) is 6.15. The molecule has 0 N–H and O–H groups in total. The average molecular weight is 448 g/mol. The van der Waals surface area contributed by atoms with Crippen LogP contribution in [-0.2, 0) is 11.4 Å². The number of carbonyl (C=O) groups is 1. The van der Waals surface area contributed by atoms with Gasteiger partial charge in [-0.25, -0.2) is 0 Å². The Labute approximate surface area is 191 Å². The zero-order chi connectivity index (χ0) is 21.8. The van der Waals surface area contributed by atoms with Gasteiger partial charge in [0.05, 0.1) is 17.7 Å². The molecule has 1 aliphatic heterocycles. The van der Waals surface area contributed by atoms with Crippen molar-refractivity contribution in [1.29, 1.82) is 0 Å². The number of anilines is 1. The fourth-order valence-electron chi connectivity index (χ4n) is 3.14. The predicted molar refractivity (Wildman–Crippen MR) is 131 cm³/mol. The summed E-state index contributed by atoms with van der Waals surface area (Å²) in [6.07, 6.45) is 1.84. The Hall–Kier alpha value is -3.09. The molecule has 4 nitrogen and oxygen atoms in total. The van der Waals surface area contributed by atoms with Crippen molar-refractivity contribution in [3.05, 3.63) is 94.4 Å². The van der Waals surface area contributed by atoms with Crippen molar-refractivity contribution in [3.63, 3.8) is 0 Å². The Morgan fingerprint density at radius 1 is 1.00 bits per heavy atom. The molecule has 4 rings (SSSR count). The summed E-state index contributed by atoms with van der Waals surface area (Å²) in [7, 11) is 1.61. The lowest BCUT2D eigenvalue weighted by Gasteiger charge is -2.14. The fraction of sp³-hybridized carbons (Fsp3) is 0.120. The van der Waals surface area contributed by atoms with E-state index >= 15 is 0 Å². The summed E-state index contributed by atoms with van der Waals surface area (Å²) in [5, 5.41) is 0. The van der Waals surface area contributed by atoms with E-state index in [0.717, 1.165) is 28.3 Å². The molecule has 3 aromatic rings. The Morgan fingerprint density at radius 3 is 2.42 bits per heavy atom. The highest BCUT2D eigenvalue weighted by molar-refractivity contribution is 8.27. The quantitative estimate of drug-likeness (QED) is 0.343. The number of rotatable bonds is 6. The van der Waals surface area contributed by atoms with E-state index in [0.29, 0.717) is 15.8 Å². The second kappa shape index (κ2) is 9.37. The van der Waals surface area contributed by atoms with E-state index in [-0.39, 0.29) is 5.91 Å². The number of para-hydroxylation sites is 1. The minimum Gasteiger partial charge on any atom is -0.497 e. The highest BCUT2D eigenvalue weighted by Crippen LogP contribution is 2.37. The van der Waals surface area contributed by atoms with Crippen molar-refractivity contribution in [1.82, 2.24) is 0 Å². The van der Waals surface area contributed by atoms with Gasteiger partial charge in [0.25, 0.3) is 5.91 Å². The van der Waals surface area contributed by atoms with Crippen LogP contribution in [0.25, 0.3) is 6.08 Å². The topological polar surface area (TPSA) is 38.8 Å². The van der Waals surface area contributed by atoms with Crippen molar-refractivity contribution in [2.75, 3.05) is 12.0 Å². The van der Waals surface area contributed by atoms with Gasteiger partial charge in [-0.1, -0.05) is 72.0 Å². The van der Waals surface area contributed by atoms with Crippen LogP contribution < -0.4 is 14.4 Å². The molecular weight excluding hydrogens is 426 g/mol. The van der Waals surface area contributed by atoms with Crippen LogP contribution in [0.1, 0.15) is 16.7 Å². The summed E-state index contributed by atoms with van der Waals surface area (Å²) in [6.45, 7) is 2.51. The first-order chi connectivity index (χ1) is 15.0. The van der Waals surface area contributed by atoms with Gasteiger partial charge in [0.1, 0.15) is 18.1 Å². The minimum absolute atomic E-state index is 0.145. The van der Waals surface area contributed by atoms with Gasteiger partial charge < -0.3 is 9.47 Å². The first kappa shape index (κ1) is 21.2. The largest absolute Gasteiger partial charge is 0.497 e. The smallest absolute Gasteiger partial charge is 0.270 e. The molecule has 3 aromatic carbocycles. The van der Waals surface area contributed by atoms with Gasteiger partial charge in [0.2, 0.25) is 0 Å². The molecule has 1 saturated heterocycles. The summed E-state index contributed by atoms with van der Waals surface area (Å²) >= 11 is 6.77. The van der Waals surface area contributed by atoms with Gasteiger partial charge in [-0.3, -0.25) is 9.69 Å². The third kappa shape index (κ3) is 4.81. The number of methoxy groups -OCH3 is 1. The lowest BCUT2D eigenvalue weighted by Crippen LogP contribution is -2.27. The number of thioether (sulfide) groups is 1. The summed E-state index contributed by atoms with van der Waals surface area (Å²) < 4.78 is 11.7. The summed E-state index contributed by atoms with van der Waals surface area (Å²) in [6, 6.07) is 23.2. The van der Waals surface area contributed by atoms with Gasteiger partial charge in [-0.2, -0.15) is 0 Å². The van der Waals surface area contributed by atoms with E-state index in [9.17, 15) is 4.79 Å². The maximum atomic E-state index is 13.1. The monoisotopic (exact) mass is 447 g/mol. The SMILES string of the molecule is COc1ccc(N2C(=O)/C(=C/c3ccccc3OCc3ccc(C)cc3)SC2=S)cc1. The zero-order valence-corrected chi connectivity index (χ0v) is 18.8. The molecule has 6 heteroatoms. The first-order valence-electron chi connectivity index (χ1n) is 9.74. The number of carbonyl (C=O) groups excluding carboxylic acids is 1. The number of benzene rings is 3. The van der Waals surface area contributed by atoms with Gasteiger partial charge in [0, 0.05) is 5.56 Å². The van der Waals surface area contributed by atoms with Crippen LogP contribution in [0.15, 0.2) is 77.7 Å². The lowest BCUT2D eigenvalue weighted by molar-refractivity contribution is -0.113. The molecule has 0 saturated carbocycles. The molecule has 0 bridgehead atoms. The predicted octanol–water partition coefficient (Wildman–Crippen LogP) is 5.99. The van der Waals surface area contributed by atoms with E-state index in [1.165, 1.54) is 17.3 Å². The molecule has 0 aliphatic carbocycles. The molecule has 0 spiro atoms. The number of hydrogen-bond donors (Lipinski definition) is 0. The molecule has 1 heterocycles. The molecule has 1 amide bonds. The molecule has 0 atom stereocenters. The van der Waals surface area contributed by atoms with Gasteiger partial charge >= 0.3 is 0 Å². The van der Waals surface area contributed by atoms with Crippen molar-refractivity contribution in [2.45, 2.75) is 13.5 Å². The van der Waals surface area contributed by atoms with Crippen molar-refractivity contribution >= 4 is 46.0 Å². The van der Waals surface area contributed by atoms with Crippen LogP contribution in [-0.4, -0.2) is 17.3 Å². The second-order valence-corrected chi connectivity index (χ2v) is 8.70. The van der Waals surface area contributed by atoms with Crippen LogP contribution >= 0.6 is 24.0 Å². The Bertz CT molecular complexity index is 1140. The summed E-state index contributed by atoms with van der Waals surface area (Å²) in [5.74, 6) is 1.30. The Kier molecular flexibility index (Phi) is 6.39. The Balaban J connectivity index is 1.55. The molecule has 0 unspecified atom stereocenters. The van der Waals surface area contributed by atoms with Gasteiger partial charge in [-0.15, -0.1) is 0 Å². The maximum Gasteiger partial charge on any atom is 0.270 e. The normalized spacial score (nSPS) is 14.9. The number of ether oxygens (including phenoxy) is 2. The molecule has 31 heavy (non-hydrogen) atoms. The van der Waals surface area contributed by atoms with Crippen LogP contribution in [0.4, 0.5) is 5.69 Å².